The van der Waals surface area contributed by atoms with Crippen LogP contribution in [0.5, 0.6) is 0 Å². The molecular formula is C16H20O2. The summed E-state index contributed by atoms with van der Waals surface area (Å²) in [4.78, 5) is 11.7. The van der Waals surface area contributed by atoms with Gasteiger partial charge in [0.1, 0.15) is 6.10 Å². The van der Waals surface area contributed by atoms with Gasteiger partial charge in [0.05, 0.1) is 0 Å². The zero-order valence-electron chi connectivity index (χ0n) is 11.6. The summed E-state index contributed by atoms with van der Waals surface area (Å²) >= 11 is 0. The first kappa shape index (κ1) is 11.8. The minimum Gasteiger partial charge on any atom is -0.454 e. The predicted molar refractivity (Wildman–Crippen MR) is 71.0 cm³/mol. The summed E-state index contributed by atoms with van der Waals surface area (Å²) < 4.78 is 5.51. The van der Waals surface area contributed by atoms with Crippen LogP contribution in [0.1, 0.15) is 47.0 Å². The first-order valence-electron chi connectivity index (χ1n) is 6.70. The van der Waals surface area contributed by atoms with Crippen LogP contribution in [0.3, 0.4) is 0 Å². The lowest BCUT2D eigenvalue weighted by Gasteiger charge is -2.29. The van der Waals surface area contributed by atoms with Crippen LogP contribution in [0, 0.1) is 5.41 Å². The molecule has 1 aliphatic heterocycles. The van der Waals surface area contributed by atoms with Crippen LogP contribution in [0.15, 0.2) is 33.9 Å². The summed E-state index contributed by atoms with van der Waals surface area (Å²) in [6.07, 6.45) is 5.24. The molecule has 3 aliphatic rings. The van der Waals surface area contributed by atoms with Crippen LogP contribution in [0.4, 0.5) is 0 Å². The number of hydrogen-bond acceptors (Lipinski definition) is 2. The Balaban J connectivity index is 2.12. The summed E-state index contributed by atoms with van der Waals surface area (Å²) in [5.41, 5.74) is 6.58. The van der Waals surface area contributed by atoms with E-state index in [4.69, 9.17) is 4.74 Å². The lowest BCUT2D eigenvalue weighted by atomic mass is 9.74. The van der Waals surface area contributed by atoms with Gasteiger partial charge >= 0.3 is 5.97 Å². The molecule has 1 heterocycles. The van der Waals surface area contributed by atoms with Gasteiger partial charge in [0.2, 0.25) is 0 Å². The molecule has 0 saturated heterocycles. The van der Waals surface area contributed by atoms with E-state index in [0.29, 0.717) is 0 Å². The van der Waals surface area contributed by atoms with E-state index in [1.165, 1.54) is 16.7 Å². The van der Waals surface area contributed by atoms with Crippen LogP contribution >= 0.6 is 0 Å². The second-order valence-corrected chi connectivity index (χ2v) is 6.11. The molecule has 2 atom stereocenters. The smallest absolute Gasteiger partial charge is 0.334 e. The van der Waals surface area contributed by atoms with E-state index in [9.17, 15) is 4.79 Å². The molecule has 0 amide bonds. The molecule has 0 aromatic carbocycles. The molecule has 0 fully saturated rings. The van der Waals surface area contributed by atoms with E-state index in [-0.39, 0.29) is 17.5 Å². The number of rotatable bonds is 0. The van der Waals surface area contributed by atoms with Crippen molar-refractivity contribution < 1.29 is 9.53 Å². The molecule has 0 aromatic rings. The van der Waals surface area contributed by atoms with Gasteiger partial charge < -0.3 is 4.74 Å². The lowest BCUT2D eigenvalue weighted by molar-refractivity contribution is -0.139. The van der Waals surface area contributed by atoms with Gasteiger partial charge in [-0.25, -0.2) is 4.79 Å². The van der Waals surface area contributed by atoms with Gasteiger partial charge in [0.25, 0.3) is 0 Å². The number of ether oxygens (including phenoxy) is 1. The van der Waals surface area contributed by atoms with Crippen LogP contribution < -0.4 is 0 Å². The zero-order chi connectivity index (χ0) is 13.1. The summed E-state index contributed by atoms with van der Waals surface area (Å²) in [5, 5.41) is 0. The summed E-state index contributed by atoms with van der Waals surface area (Å²) in [5.74, 6) is -0.116. The van der Waals surface area contributed by atoms with Crippen molar-refractivity contribution in [1.29, 1.82) is 0 Å². The first-order valence-corrected chi connectivity index (χ1v) is 6.70. The Morgan fingerprint density at radius 3 is 2.78 bits per heavy atom. The van der Waals surface area contributed by atoms with Crippen LogP contribution in [0.2, 0.25) is 0 Å². The van der Waals surface area contributed by atoms with Gasteiger partial charge in [-0.2, -0.15) is 0 Å². The quantitative estimate of drug-likeness (QED) is 0.480. The molecule has 96 valence electrons. The van der Waals surface area contributed by atoms with E-state index in [1.807, 2.05) is 6.92 Å². The fourth-order valence-corrected chi connectivity index (χ4v) is 3.69. The topological polar surface area (TPSA) is 26.3 Å². The Bertz CT molecular complexity index is 533. The molecule has 0 N–H and O–H groups in total. The lowest BCUT2D eigenvalue weighted by Crippen LogP contribution is -2.19. The number of allylic oxidation sites excluding steroid dienone is 3. The third kappa shape index (κ3) is 1.38. The fraction of sp³-hybridized carbons (Fsp3) is 0.562. The molecule has 18 heavy (non-hydrogen) atoms. The highest BCUT2D eigenvalue weighted by Gasteiger charge is 2.44. The van der Waals surface area contributed by atoms with Gasteiger partial charge in [-0.3, -0.25) is 0 Å². The van der Waals surface area contributed by atoms with Crippen molar-refractivity contribution in [3.05, 3.63) is 33.9 Å². The zero-order valence-corrected chi connectivity index (χ0v) is 11.6. The van der Waals surface area contributed by atoms with Crippen molar-refractivity contribution in [3.8, 4) is 0 Å². The standard InChI is InChI=1S/C16H20O2/c1-9-7-14-12(11(3)15(17)18-14)8-16(4)10(2)5-6-13(9)16/h5,14H,6-8H2,1-4H3. The highest BCUT2D eigenvalue weighted by Crippen LogP contribution is 2.53. The maximum atomic E-state index is 11.7. The fourth-order valence-electron chi connectivity index (χ4n) is 3.69. The normalized spacial score (nSPS) is 35.2. The second kappa shape index (κ2) is 3.59. The van der Waals surface area contributed by atoms with Crippen molar-refractivity contribution in [2.45, 2.75) is 53.1 Å². The highest BCUT2D eigenvalue weighted by molar-refractivity contribution is 5.91. The molecule has 2 heteroatoms. The Labute approximate surface area is 108 Å². The molecule has 0 saturated carbocycles. The Morgan fingerprint density at radius 1 is 1.33 bits per heavy atom. The van der Waals surface area contributed by atoms with Gasteiger partial charge in [-0.15, -0.1) is 0 Å². The van der Waals surface area contributed by atoms with E-state index in [1.54, 1.807) is 5.57 Å². The average Bonchev–Trinajstić information content (AvgIpc) is 2.69. The summed E-state index contributed by atoms with van der Waals surface area (Å²) in [7, 11) is 0. The Hall–Kier alpha value is -1.31. The molecule has 0 radical (unpaired) electrons. The van der Waals surface area contributed by atoms with Crippen molar-refractivity contribution in [1.82, 2.24) is 0 Å². The van der Waals surface area contributed by atoms with Crippen LogP contribution in [0.25, 0.3) is 0 Å². The largest absolute Gasteiger partial charge is 0.454 e. The number of esters is 1. The molecule has 3 rings (SSSR count). The molecule has 2 aliphatic carbocycles. The van der Waals surface area contributed by atoms with Crippen LogP contribution in [-0.2, 0) is 9.53 Å². The third-order valence-electron chi connectivity index (χ3n) is 5.13. The van der Waals surface area contributed by atoms with E-state index in [2.05, 4.69) is 26.8 Å². The van der Waals surface area contributed by atoms with Crippen molar-refractivity contribution in [2.24, 2.45) is 5.41 Å². The minimum absolute atomic E-state index is 0.000208. The predicted octanol–water partition coefficient (Wildman–Crippen LogP) is 3.69. The maximum Gasteiger partial charge on any atom is 0.334 e. The molecule has 0 spiro atoms. The molecule has 0 aromatic heterocycles. The second-order valence-electron chi connectivity index (χ2n) is 6.11. The van der Waals surface area contributed by atoms with E-state index in [0.717, 1.165) is 24.8 Å². The number of carbonyl (C=O) groups is 1. The van der Waals surface area contributed by atoms with Gasteiger partial charge in [0, 0.05) is 17.4 Å². The Kier molecular flexibility index (Phi) is 2.35. The van der Waals surface area contributed by atoms with Crippen molar-refractivity contribution in [2.75, 3.05) is 0 Å². The number of fused-ring (bicyclic) bond motifs is 2. The number of hydrogen-bond donors (Lipinski definition) is 0. The first-order chi connectivity index (χ1) is 8.43. The third-order valence-corrected chi connectivity index (χ3v) is 5.13. The molecule has 0 bridgehead atoms. The maximum absolute atomic E-state index is 11.7. The van der Waals surface area contributed by atoms with Crippen molar-refractivity contribution >= 4 is 5.97 Å². The highest BCUT2D eigenvalue weighted by atomic mass is 16.5. The average molecular weight is 244 g/mol. The summed E-state index contributed by atoms with van der Waals surface area (Å²) in [6, 6.07) is 0. The van der Waals surface area contributed by atoms with E-state index >= 15 is 0 Å². The molecule has 2 unspecified atom stereocenters. The monoisotopic (exact) mass is 244 g/mol. The minimum atomic E-state index is -0.116. The van der Waals surface area contributed by atoms with E-state index < -0.39 is 0 Å². The summed E-state index contributed by atoms with van der Waals surface area (Å²) in [6.45, 7) is 8.64. The van der Waals surface area contributed by atoms with Gasteiger partial charge in [0.15, 0.2) is 0 Å². The Morgan fingerprint density at radius 2 is 2.06 bits per heavy atom. The SMILES string of the molecule is CC1=CCC2=C(C)CC3OC(=O)C(C)=C3CC12C. The van der Waals surface area contributed by atoms with Crippen LogP contribution in [-0.4, -0.2) is 12.1 Å². The number of carbonyl (C=O) groups excluding carboxylic acids is 1. The molecule has 2 nitrogen and oxygen atoms in total. The van der Waals surface area contributed by atoms with Gasteiger partial charge in [-0.1, -0.05) is 29.7 Å². The molecular weight excluding hydrogens is 224 g/mol. The van der Waals surface area contributed by atoms with Crippen molar-refractivity contribution in [3.63, 3.8) is 0 Å². The van der Waals surface area contributed by atoms with Gasteiger partial charge in [-0.05, 0) is 39.2 Å².